The number of nitrogens with zero attached hydrogens (tertiary/aromatic N) is 3. The van der Waals surface area contributed by atoms with Crippen molar-refractivity contribution < 1.29 is 18.7 Å². The van der Waals surface area contributed by atoms with Crippen LogP contribution in [0.1, 0.15) is 39.6 Å². The number of amides is 1. The van der Waals surface area contributed by atoms with E-state index in [1.54, 1.807) is 43.5 Å². The Labute approximate surface area is 197 Å². The first-order chi connectivity index (χ1) is 15.8. The summed E-state index contributed by atoms with van der Waals surface area (Å²) >= 11 is 1.34. The van der Waals surface area contributed by atoms with Gasteiger partial charge in [0.15, 0.2) is 17.1 Å². The predicted molar refractivity (Wildman–Crippen MR) is 127 cm³/mol. The Bertz CT molecular complexity index is 1050. The molecule has 7 nitrogen and oxygen atoms in total. The normalized spacial score (nSPS) is 12.9. The SMILES string of the molecule is COc1ccc(NC(=O)C(C)Sc2nnc(C(C)Oc3ccc(F)cc3)n2CC(C)C)cc1. The Morgan fingerprint density at radius 3 is 2.27 bits per heavy atom. The van der Waals surface area contributed by atoms with Crippen LogP contribution < -0.4 is 14.8 Å². The van der Waals surface area contributed by atoms with Crippen LogP contribution in [0.5, 0.6) is 11.5 Å². The van der Waals surface area contributed by atoms with Crippen molar-refractivity contribution in [2.24, 2.45) is 5.92 Å². The molecule has 2 unspecified atom stereocenters. The van der Waals surface area contributed by atoms with Crippen molar-refractivity contribution in [2.75, 3.05) is 12.4 Å². The van der Waals surface area contributed by atoms with Crippen molar-refractivity contribution in [1.29, 1.82) is 0 Å². The Hall–Kier alpha value is -3.07. The van der Waals surface area contributed by atoms with Crippen LogP contribution in [0, 0.1) is 11.7 Å². The molecule has 0 fully saturated rings. The van der Waals surface area contributed by atoms with Crippen molar-refractivity contribution in [1.82, 2.24) is 14.8 Å². The van der Waals surface area contributed by atoms with E-state index in [-0.39, 0.29) is 11.7 Å². The molecule has 9 heteroatoms. The molecular weight excluding hydrogens is 443 g/mol. The molecule has 1 heterocycles. The summed E-state index contributed by atoms with van der Waals surface area (Å²) in [5.41, 5.74) is 0.693. The van der Waals surface area contributed by atoms with Crippen LogP contribution >= 0.6 is 11.8 Å². The topological polar surface area (TPSA) is 78.3 Å². The standard InChI is InChI=1S/C24H29FN4O3S/c1-15(2)14-29-22(16(3)32-21-10-6-18(25)7-11-21)27-28-24(29)33-17(4)23(30)26-19-8-12-20(31-5)13-9-19/h6-13,15-17H,14H2,1-5H3,(H,26,30). The third kappa shape index (κ3) is 6.71. The first-order valence-corrected chi connectivity index (χ1v) is 11.6. The fourth-order valence-corrected chi connectivity index (χ4v) is 3.99. The van der Waals surface area contributed by atoms with Gasteiger partial charge in [-0.3, -0.25) is 4.79 Å². The number of benzene rings is 2. The third-order valence-corrected chi connectivity index (χ3v) is 5.87. The van der Waals surface area contributed by atoms with Crippen LogP contribution in [0.2, 0.25) is 0 Å². The Morgan fingerprint density at radius 2 is 1.67 bits per heavy atom. The molecule has 176 valence electrons. The maximum atomic E-state index is 13.2. The van der Waals surface area contributed by atoms with Crippen LogP contribution in [0.15, 0.2) is 53.7 Å². The van der Waals surface area contributed by atoms with Gasteiger partial charge >= 0.3 is 0 Å². The van der Waals surface area contributed by atoms with Gasteiger partial charge in [0.25, 0.3) is 0 Å². The van der Waals surface area contributed by atoms with E-state index >= 15 is 0 Å². The van der Waals surface area contributed by atoms with Crippen molar-refractivity contribution in [3.63, 3.8) is 0 Å². The Kier molecular flexibility index (Phi) is 8.32. The number of methoxy groups -OCH3 is 1. The average molecular weight is 473 g/mol. The molecule has 0 radical (unpaired) electrons. The summed E-state index contributed by atoms with van der Waals surface area (Å²) in [6.45, 7) is 8.58. The van der Waals surface area contributed by atoms with E-state index in [1.807, 2.05) is 18.4 Å². The second-order valence-corrected chi connectivity index (χ2v) is 9.35. The number of halogens is 1. The minimum absolute atomic E-state index is 0.138. The van der Waals surface area contributed by atoms with E-state index < -0.39 is 11.4 Å². The number of rotatable bonds is 10. The van der Waals surface area contributed by atoms with Crippen LogP contribution in [0.3, 0.4) is 0 Å². The molecule has 0 bridgehead atoms. The van der Waals surface area contributed by atoms with Gasteiger partial charge in [0.05, 0.1) is 12.4 Å². The van der Waals surface area contributed by atoms with E-state index in [0.717, 1.165) is 5.75 Å². The number of thioether (sulfide) groups is 1. The fraction of sp³-hybridized carbons (Fsp3) is 0.375. The molecule has 0 spiro atoms. The van der Waals surface area contributed by atoms with Crippen LogP contribution in [0.4, 0.5) is 10.1 Å². The van der Waals surface area contributed by atoms with Crippen LogP contribution in [0.25, 0.3) is 0 Å². The summed E-state index contributed by atoms with van der Waals surface area (Å²) < 4.78 is 26.3. The van der Waals surface area contributed by atoms with Crippen molar-refractivity contribution >= 4 is 23.4 Å². The highest BCUT2D eigenvalue weighted by atomic mass is 32.2. The third-order valence-electron chi connectivity index (χ3n) is 4.79. The predicted octanol–water partition coefficient (Wildman–Crippen LogP) is 5.34. The van der Waals surface area contributed by atoms with E-state index in [4.69, 9.17) is 9.47 Å². The Balaban J connectivity index is 1.72. The molecule has 1 amide bonds. The highest BCUT2D eigenvalue weighted by Crippen LogP contribution is 2.28. The number of hydrogen-bond acceptors (Lipinski definition) is 6. The van der Waals surface area contributed by atoms with Gasteiger partial charge < -0.3 is 19.4 Å². The van der Waals surface area contributed by atoms with Gasteiger partial charge in [-0.2, -0.15) is 0 Å². The first-order valence-electron chi connectivity index (χ1n) is 10.7. The lowest BCUT2D eigenvalue weighted by Crippen LogP contribution is -2.23. The number of hydrogen-bond donors (Lipinski definition) is 1. The zero-order valence-corrected chi connectivity index (χ0v) is 20.2. The lowest BCUT2D eigenvalue weighted by molar-refractivity contribution is -0.115. The van der Waals surface area contributed by atoms with Gasteiger partial charge in [0.2, 0.25) is 5.91 Å². The highest BCUT2D eigenvalue weighted by Gasteiger charge is 2.24. The van der Waals surface area contributed by atoms with Gasteiger partial charge in [-0.15, -0.1) is 10.2 Å². The zero-order valence-electron chi connectivity index (χ0n) is 19.4. The first kappa shape index (κ1) is 24.6. The molecule has 0 aliphatic rings. The number of carbonyl (C=O) groups excluding carboxylic acids is 1. The molecule has 0 aliphatic carbocycles. The molecule has 0 aliphatic heterocycles. The zero-order chi connectivity index (χ0) is 24.0. The summed E-state index contributed by atoms with van der Waals surface area (Å²) in [6, 6.07) is 13.0. The average Bonchev–Trinajstić information content (AvgIpc) is 3.17. The van der Waals surface area contributed by atoms with Gasteiger partial charge in [-0.1, -0.05) is 25.6 Å². The smallest absolute Gasteiger partial charge is 0.237 e. The molecular formula is C24H29FN4O3S. The number of ether oxygens (including phenoxy) is 2. The van der Waals surface area contributed by atoms with Crippen molar-refractivity contribution in [3.05, 3.63) is 60.2 Å². The summed E-state index contributed by atoms with van der Waals surface area (Å²) in [4.78, 5) is 12.7. The summed E-state index contributed by atoms with van der Waals surface area (Å²) in [7, 11) is 1.60. The monoisotopic (exact) mass is 472 g/mol. The number of nitrogens with one attached hydrogen (secondary N) is 1. The number of aromatic nitrogens is 3. The van der Waals surface area contributed by atoms with E-state index in [0.29, 0.717) is 34.9 Å². The molecule has 0 saturated carbocycles. The molecule has 2 atom stereocenters. The maximum Gasteiger partial charge on any atom is 0.237 e. The van der Waals surface area contributed by atoms with E-state index in [1.165, 1.54) is 23.9 Å². The van der Waals surface area contributed by atoms with E-state index in [9.17, 15) is 9.18 Å². The Morgan fingerprint density at radius 1 is 1.03 bits per heavy atom. The molecule has 3 aromatic rings. The second-order valence-electron chi connectivity index (χ2n) is 8.04. The molecule has 0 saturated heterocycles. The van der Waals surface area contributed by atoms with E-state index in [2.05, 4.69) is 29.4 Å². The van der Waals surface area contributed by atoms with Gasteiger partial charge in [-0.25, -0.2) is 4.39 Å². The molecule has 2 aromatic carbocycles. The summed E-state index contributed by atoms with van der Waals surface area (Å²) in [6.07, 6.45) is -0.403. The van der Waals surface area contributed by atoms with Gasteiger partial charge in [0.1, 0.15) is 17.3 Å². The molecule has 1 N–H and O–H groups in total. The largest absolute Gasteiger partial charge is 0.497 e. The second kappa shape index (κ2) is 11.2. The lowest BCUT2D eigenvalue weighted by atomic mass is 10.2. The number of carbonyl (C=O) groups is 1. The quantitative estimate of drug-likeness (QED) is 0.401. The highest BCUT2D eigenvalue weighted by molar-refractivity contribution is 8.00. The van der Waals surface area contributed by atoms with Crippen molar-refractivity contribution in [3.8, 4) is 11.5 Å². The lowest BCUT2D eigenvalue weighted by Gasteiger charge is -2.18. The number of anilines is 1. The minimum Gasteiger partial charge on any atom is -0.497 e. The summed E-state index contributed by atoms with van der Waals surface area (Å²) in [5.74, 6) is 1.80. The molecule has 1 aromatic heterocycles. The van der Waals surface area contributed by atoms with Gasteiger partial charge in [-0.05, 0) is 68.3 Å². The van der Waals surface area contributed by atoms with Crippen molar-refractivity contribution in [2.45, 2.75) is 50.8 Å². The molecule has 33 heavy (non-hydrogen) atoms. The molecule has 3 rings (SSSR count). The van der Waals surface area contributed by atoms with Crippen LogP contribution in [-0.4, -0.2) is 33.0 Å². The maximum absolute atomic E-state index is 13.2. The fourth-order valence-electron chi connectivity index (χ4n) is 3.12. The summed E-state index contributed by atoms with van der Waals surface area (Å²) in [5, 5.41) is 11.8. The minimum atomic E-state index is -0.403. The van der Waals surface area contributed by atoms with Gasteiger partial charge in [0, 0.05) is 12.2 Å². The van der Waals surface area contributed by atoms with Crippen LogP contribution in [-0.2, 0) is 11.3 Å².